The standard InChI is InChI=1S/C23H20Cl2N2O4S/c1-12(2)31-23(30)17-13(3)19(21(29)26-14-8-5-4-6-9-14)32-22(17)27-20(28)15-10-7-11-16(24)18(15)25/h4-12H,1-3H3,(H,26,29)(H,27,28). The average Bonchev–Trinajstić information content (AvgIpc) is 3.06. The summed E-state index contributed by atoms with van der Waals surface area (Å²) in [5.41, 5.74) is 1.27. The van der Waals surface area contributed by atoms with E-state index in [1.807, 2.05) is 6.07 Å². The summed E-state index contributed by atoms with van der Waals surface area (Å²) >= 11 is 13.2. The van der Waals surface area contributed by atoms with Gasteiger partial charge in [-0.1, -0.05) is 47.5 Å². The maximum atomic E-state index is 12.9. The van der Waals surface area contributed by atoms with E-state index in [2.05, 4.69) is 10.6 Å². The first-order valence-corrected chi connectivity index (χ1v) is 11.2. The molecule has 2 amide bonds. The minimum absolute atomic E-state index is 0.0910. The predicted molar refractivity (Wildman–Crippen MR) is 128 cm³/mol. The van der Waals surface area contributed by atoms with Crippen LogP contribution in [0.15, 0.2) is 48.5 Å². The molecule has 0 bridgehead atoms. The lowest BCUT2D eigenvalue weighted by atomic mass is 10.1. The van der Waals surface area contributed by atoms with Gasteiger partial charge in [0, 0.05) is 5.69 Å². The Bertz CT molecular complexity index is 1180. The van der Waals surface area contributed by atoms with Crippen molar-refractivity contribution in [3.8, 4) is 0 Å². The number of rotatable bonds is 6. The molecule has 0 aliphatic rings. The van der Waals surface area contributed by atoms with Gasteiger partial charge in [0.15, 0.2) is 0 Å². The largest absolute Gasteiger partial charge is 0.459 e. The molecule has 0 aliphatic heterocycles. The second-order valence-corrected chi connectivity index (χ2v) is 8.90. The summed E-state index contributed by atoms with van der Waals surface area (Å²) in [6.45, 7) is 5.06. The van der Waals surface area contributed by atoms with Crippen molar-refractivity contribution < 1.29 is 19.1 Å². The molecule has 6 nitrogen and oxygen atoms in total. The highest BCUT2D eigenvalue weighted by Crippen LogP contribution is 2.35. The Hall–Kier alpha value is -2.87. The minimum atomic E-state index is -0.639. The van der Waals surface area contributed by atoms with Gasteiger partial charge >= 0.3 is 5.97 Å². The van der Waals surface area contributed by atoms with Crippen molar-refractivity contribution in [3.05, 3.63) is 80.1 Å². The minimum Gasteiger partial charge on any atom is -0.459 e. The molecule has 9 heteroatoms. The van der Waals surface area contributed by atoms with Crippen molar-refractivity contribution in [3.63, 3.8) is 0 Å². The van der Waals surface area contributed by atoms with E-state index in [0.717, 1.165) is 11.3 Å². The first-order chi connectivity index (χ1) is 15.2. The number of thiophene rings is 1. The maximum Gasteiger partial charge on any atom is 0.341 e. The molecule has 3 aromatic rings. The van der Waals surface area contributed by atoms with Gasteiger partial charge in [0.2, 0.25) is 0 Å². The lowest BCUT2D eigenvalue weighted by Crippen LogP contribution is -2.17. The third-order valence-corrected chi connectivity index (χ3v) is 6.38. The summed E-state index contributed by atoms with van der Waals surface area (Å²) < 4.78 is 5.34. The smallest absolute Gasteiger partial charge is 0.341 e. The predicted octanol–water partition coefficient (Wildman–Crippen LogP) is 6.43. The molecule has 0 radical (unpaired) electrons. The van der Waals surface area contributed by atoms with Gasteiger partial charge in [-0.3, -0.25) is 9.59 Å². The zero-order chi connectivity index (χ0) is 23.4. The van der Waals surface area contributed by atoms with E-state index in [1.54, 1.807) is 57.2 Å². The number of nitrogens with one attached hydrogen (secondary N) is 2. The molecule has 2 N–H and O–H groups in total. The molecule has 1 aromatic heterocycles. The molecule has 1 heterocycles. The molecule has 0 spiro atoms. The summed E-state index contributed by atoms with van der Waals surface area (Å²) in [6, 6.07) is 13.6. The van der Waals surface area contributed by atoms with Gasteiger partial charge in [-0.15, -0.1) is 11.3 Å². The van der Waals surface area contributed by atoms with Crippen LogP contribution in [0.2, 0.25) is 10.0 Å². The van der Waals surface area contributed by atoms with Gasteiger partial charge < -0.3 is 15.4 Å². The third kappa shape index (κ3) is 5.30. The molecule has 0 unspecified atom stereocenters. The van der Waals surface area contributed by atoms with E-state index >= 15 is 0 Å². The topological polar surface area (TPSA) is 84.5 Å². The van der Waals surface area contributed by atoms with Gasteiger partial charge in [-0.25, -0.2) is 4.79 Å². The second kappa shape index (κ2) is 10.2. The third-order valence-electron chi connectivity index (χ3n) is 4.35. The molecule has 0 saturated carbocycles. The van der Waals surface area contributed by atoms with Crippen LogP contribution in [-0.4, -0.2) is 23.9 Å². The quantitative estimate of drug-likeness (QED) is 0.389. The Labute approximate surface area is 199 Å². The molecule has 0 saturated heterocycles. The SMILES string of the molecule is Cc1c(C(=O)Nc2ccccc2)sc(NC(=O)c2cccc(Cl)c2Cl)c1C(=O)OC(C)C. The second-order valence-electron chi connectivity index (χ2n) is 7.09. The van der Waals surface area contributed by atoms with Crippen molar-refractivity contribution in [2.24, 2.45) is 0 Å². The first-order valence-electron chi connectivity index (χ1n) is 9.65. The lowest BCUT2D eigenvalue weighted by Gasteiger charge is -2.11. The molecule has 166 valence electrons. The van der Waals surface area contributed by atoms with Crippen LogP contribution in [0.4, 0.5) is 10.7 Å². The van der Waals surface area contributed by atoms with Crippen molar-refractivity contribution in [1.82, 2.24) is 0 Å². The summed E-state index contributed by atoms with van der Waals surface area (Å²) in [6.07, 6.45) is -0.380. The fourth-order valence-electron chi connectivity index (χ4n) is 2.90. The Morgan fingerprint density at radius 3 is 2.28 bits per heavy atom. The number of esters is 1. The number of hydrogen-bond donors (Lipinski definition) is 2. The normalized spacial score (nSPS) is 10.7. The number of ether oxygens (including phenoxy) is 1. The van der Waals surface area contributed by atoms with Gasteiger partial charge in [0.25, 0.3) is 11.8 Å². The van der Waals surface area contributed by atoms with Crippen molar-refractivity contribution in [2.75, 3.05) is 10.6 Å². The van der Waals surface area contributed by atoms with Crippen molar-refractivity contribution >= 4 is 63.0 Å². The zero-order valence-corrected chi connectivity index (χ0v) is 19.8. The molecular formula is C23H20Cl2N2O4S. The molecule has 2 aromatic carbocycles. The number of para-hydroxylation sites is 1. The Morgan fingerprint density at radius 2 is 1.62 bits per heavy atom. The molecule has 0 atom stereocenters. The van der Waals surface area contributed by atoms with E-state index in [0.29, 0.717) is 11.3 Å². The number of carbonyl (C=O) groups excluding carboxylic acids is 3. The van der Waals surface area contributed by atoms with Gasteiger partial charge in [0.1, 0.15) is 5.00 Å². The van der Waals surface area contributed by atoms with Crippen LogP contribution in [0, 0.1) is 6.92 Å². The van der Waals surface area contributed by atoms with Gasteiger partial charge in [-0.05, 0) is 50.6 Å². The van der Waals surface area contributed by atoms with Crippen LogP contribution in [0.1, 0.15) is 49.8 Å². The Morgan fingerprint density at radius 1 is 0.938 bits per heavy atom. The number of amides is 2. The van der Waals surface area contributed by atoms with E-state index in [9.17, 15) is 14.4 Å². The molecule has 0 fully saturated rings. The van der Waals surface area contributed by atoms with E-state index in [-0.39, 0.29) is 37.2 Å². The van der Waals surface area contributed by atoms with Crippen LogP contribution < -0.4 is 10.6 Å². The fraction of sp³-hybridized carbons (Fsp3) is 0.174. The van der Waals surface area contributed by atoms with Crippen LogP contribution in [0.3, 0.4) is 0 Å². The molecule has 0 aliphatic carbocycles. The van der Waals surface area contributed by atoms with Crippen LogP contribution >= 0.6 is 34.5 Å². The number of hydrogen-bond acceptors (Lipinski definition) is 5. The van der Waals surface area contributed by atoms with Crippen LogP contribution in [0.5, 0.6) is 0 Å². The highest BCUT2D eigenvalue weighted by molar-refractivity contribution is 7.19. The molecule has 32 heavy (non-hydrogen) atoms. The molecule has 3 rings (SSSR count). The Balaban J connectivity index is 1.98. The summed E-state index contributed by atoms with van der Waals surface area (Å²) in [5.74, 6) is -1.61. The van der Waals surface area contributed by atoms with E-state index in [4.69, 9.17) is 27.9 Å². The number of anilines is 2. The zero-order valence-electron chi connectivity index (χ0n) is 17.5. The van der Waals surface area contributed by atoms with E-state index in [1.165, 1.54) is 6.07 Å². The van der Waals surface area contributed by atoms with E-state index < -0.39 is 17.8 Å². The van der Waals surface area contributed by atoms with Crippen molar-refractivity contribution in [2.45, 2.75) is 26.9 Å². The highest BCUT2D eigenvalue weighted by Gasteiger charge is 2.28. The Kier molecular flexibility index (Phi) is 7.56. The van der Waals surface area contributed by atoms with Gasteiger partial charge in [0.05, 0.1) is 32.2 Å². The average molecular weight is 491 g/mol. The highest BCUT2D eigenvalue weighted by atomic mass is 35.5. The van der Waals surface area contributed by atoms with Crippen molar-refractivity contribution in [1.29, 1.82) is 0 Å². The fourth-order valence-corrected chi connectivity index (χ4v) is 4.37. The van der Waals surface area contributed by atoms with Crippen LogP contribution in [0.25, 0.3) is 0 Å². The monoisotopic (exact) mass is 490 g/mol. The summed E-state index contributed by atoms with van der Waals surface area (Å²) in [7, 11) is 0. The molecular weight excluding hydrogens is 471 g/mol. The van der Waals surface area contributed by atoms with Crippen LogP contribution in [-0.2, 0) is 4.74 Å². The first kappa shape index (κ1) is 23.8. The lowest BCUT2D eigenvalue weighted by molar-refractivity contribution is 0.0379. The summed E-state index contributed by atoms with van der Waals surface area (Å²) in [4.78, 5) is 38.8. The van der Waals surface area contributed by atoms with Gasteiger partial charge in [-0.2, -0.15) is 0 Å². The number of halogens is 2. The number of benzene rings is 2. The maximum absolute atomic E-state index is 12.9. The summed E-state index contributed by atoms with van der Waals surface area (Å²) in [5, 5.41) is 5.98. The number of carbonyl (C=O) groups is 3.